The van der Waals surface area contributed by atoms with Crippen molar-refractivity contribution >= 4 is 5.97 Å². The molecule has 0 saturated heterocycles. The van der Waals surface area contributed by atoms with Crippen molar-refractivity contribution in [2.45, 2.75) is 13.8 Å². The van der Waals surface area contributed by atoms with Crippen LogP contribution < -0.4 is 4.74 Å². The molecule has 2 aromatic carbocycles. The highest BCUT2D eigenvalue weighted by Crippen LogP contribution is 2.36. The standard InChI is InChI=1S/C21H21NO3/c1-4-25-21(23)20-19(16-9-11-17(24-3)12-10-16)18(13-22-20)15-7-5-14(2)6-8-15/h5-13,22H,4H2,1-3H3. The number of hydrogen-bond acceptors (Lipinski definition) is 3. The number of methoxy groups -OCH3 is 1. The van der Waals surface area contributed by atoms with Crippen molar-refractivity contribution < 1.29 is 14.3 Å². The van der Waals surface area contributed by atoms with E-state index in [9.17, 15) is 4.79 Å². The highest BCUT2D eigenvalue weighted by Gasteiger charge is 2.21. The van der Waals surface area contributed by atoms with Crippen molar-refractivity contribution in [2.75, 3.05) is 13.7 Å². The Kier molecular flexibility index (Phi) is 4.89. The molecular weight excluding hydrogens is 314 g/mol. The fraction of sp³-hybridized carbons (Fsp3) is 0.190. The van der Waals surface area contributed by atoms with E-state index in [1.165, 1.54) is 5.56 Å². The number of benzene rings is 2. The Bertz CT molecular complexity index is 861. The molecule has 3 aromatic rings. The summed E-state index contributed by atoms with van der Waals surface area (Å²) in [6, 6.07) is 15.9. The van der Waals surface area contributed by atoms with Gasteiger partial charge in [0.2, 0.25) is 0 Å². The average molecular weight is 335 g/mol. The van der Waals surface area contributed by atoms with Crippen molar-refractivity contribution in [3.05, 3.63) is 66.0 Å². The van der Waals surface area contributed by atoms with E-state index in [0.717, 1.165) is 28.0 Å². The molecule has 3 rings (SSSR count). The molecule has 0 aliphatic heterocycles. The summed E-state index contributed by atoms with van der Waals surface area (Å²) in [6.07, 6.45) is 1.86. The summed E-state index contributed by atoms with van der Waals surface area (Å²) in [7, 11) is 1.63. The molecule has 0 radical (unpaired) electrons. The van der Waals surface area contributed by atoms with Gasteiger partial charge >= 0.3 is 5.97 Å². The third-order valence-corrected chi connectivity index (χ3v) is 4.10. The van der Waals surface area contributed by atoms with Crippen LogP contribution in [0.2, 0.25) is 0 Å². The molecular formula is C21H21NO3. The SMILES string of the molecule is CCOC(=O)c1[nH]cc(-c2ccc(C)cc2)c1-c1ccc(OC)cc1. The van der Waals surface area contributed by atoms with Crippen LogP contribution in [-0.4, -0.2) is 24.7 Å². The van der Waals surface area contributed by atoms with E-state index in [1.54, 1.807) is 14.0 Å². The number of aryl methyl sites for hydroxylation is 1. The monoisotopic (exact) mass is 335 g/mol. The number of carbonyl (C=O) groups is 1. The highest BCUT2D eigenvalue weighted by atomic mass is 16.5. The van der Waals surface area contributed by atoms with Gasteiger partial charge in [-0.3, -0.25) is 0 Å². The van der Waals surface area contributed by atoms with Gasteiger partial charge in [-0.1, -0.05) is 42.0 Å². The number of nitrogens with one attached hydrogen (secondary N) is 1. The molecule has 1 aromatic heterocycles. The summed E-state index contributed by atoms with van der Waals surface area (Å²) in [4.78, 5) is 15.5. The normalized spacial score (nSPS) is 10.5. The molecule has 0 atom stereocenters. The lowest BCUT2D eigenvalue weighted by atomic mass is 9.96. The van der Waals surface area contributed by atoms with Crippen LogP contribution in [0.4, 0.5) is 0 Å². The Balaban J connectivity index is 2.15. The first-order valence-corrected chi connectivity index (χ1v) is 8.24. The second-order valence-corrected chi connectivity index (χ2v) is 5.77. The molecule has 1 N–H and O–H groups in total. The topological polar surface area (TPSA) is 51.3 Å². The van der Waals surface area contributed by atoms with Crippen LogP contribution in [0.1, 0.15) is 23.0 Å². The second kappa shape index (κ2) is 7.26. The first-order chi connectivity index (χ1) is 12.1. The van der Waals surface area contributed by atoms with E-state index < -0.39 is 0 Å². The Hall–Kier alpha value is -3.01. The van der Waals surface area contributed by atoms with Gasteiger partial charge in [-0.2, -0.15) is 0 Å². The first-order valence-electron chi connectivity index (χ1n) is 8.24. The van der Waals surface area contributed by atoms with Gasteiger partial charge < -0.3 is 14.5 Å². The highest BCUT2D eigenvalue weighted by molar-refractivity contribution is 6.01. The molecule has 4 heteroatoms. The number of aromatic amines is 1. The Morgan fingerprint density at radius 1 is 1.00 bits per heavy atom. The number of hydrogen-bond donors (Lipinski definition) is 1. The second-order valence-electron chi connectivity index (χ2n) is 5.77. The van der Waals surface area contributed by atoms with E-state index >= 15 is 0 Å². The summed E-state index contributed by atoms with van der Waals surface area (Å²) < 4.78 is 10.4. The molecule has 0 aliphatic carbocycles. The third kappa shape index (κ3) is 3.43. The lowest BCUT2D eigenvalue weighted by molar-refractivity contribution is 0.0521. The predicted octanol–water partition coefficient (Wildman–Crippen LogP) is 4.84. The Morgan fingerprint density at radius 3 is 2.24 bits per heavy atom. The maximum Gasteiger partial charge on any atom is 0.355 e. The van der Waals surface area contributed by atoms with E-state index in [-0.39, 0.29) is 5.97 Å². The van der Waals surface area contributed by atoms with Crippen LogP contribution in [0.25, 0.3) is 22.3 Å². The quantitative estimate of drug-likeness (QED) is 0.679. The minimum atomic E-state index is -0.355. The zero-order valence-electron chi connectivity index (χ0n) is 14.6. The molecule has 0 amide bonds. The van der Waals surface area contributed by atoms with Gasteiger partial charge in [0.25, 0.3) is 0 Å². The molecule has 0 spiro atoms. The fourth-order valence-corrected chi connectivity index (χ4v) is 2.81. The van der Waals surface area contributed by atoms with Gasteiger partial charge in [-0.05, 0) is 37.1 Å². The van der Waals surface area contributed by atoms with Crippen molar-refractivity contribution in [3.8, 4) is 28.0 Å². The van der Waals surface area contributed by atoms with Crippen LogP contribution in [0.3, 0.4) is 0 Å². The minimum absolute atomic E-state index is 0.333. The molecule has 0 unspecified atom stereocenters. The van der Waals surface area contributed by atoms with Crippen LogP contribution >= 0.6 is 0 Å². The number of aromatic nitrogens is 1. The van der Waals surface area contributed by atoms with Gasteiger partial charge in [0.1, 0.15) is 11.4 Å². The molecule has 0 aliphatic rings. The number of esters is 1. The van der Waals surface area contributed by atoms with E-state index in [0.29, 0.717) is 12.3 Å². The average Bonchev–Trinajstić information content (AvgIpc) is 3.08. The number of carbonyl (C=O) groups excluding carboxylic acids is 1. The van der Waals surface area contributed by atoms with Crippen LogP contribution in [0.15, 0.2) is 54.7 Å². The largest absolute Gasteiger partial charge is 0.497 e. The number of ether oxygens (including phenoxy) is 2. The van der Waals surface area contributed by atoms with Gasteiger partial charge in [0.15, 0.2) is 0 Å². The van der Waals surface area contributed by atoms with Crippen molar-refractivity contribution in [3.63, 3.8) is 0 Å². The molecule has 128 valence electrons. The summed E-state index contributed by atoms with van der Waals surface area (Å²) in [5.74, 6) is 0.417. The first kappa shape index (κ1) is 16.8. The zero-order chi connectivity index (χ0) is 17.8. The smallest absolute Gasteiger partial charge is 0.355 e. The molecule has 25 heavy (non-hydrogen) atoms. The summed E-state index contributed by atoms with van der Waals surface area (Å²) >= 11 is 0. The Labute approximate surface area is 147 Å². The number of rotatable bonds is 5. The van der Waals surface area contributed by atoms with Crippen molar-refractivity contribution in [1.29, 1.82) is 0 Å². The van der Waals surface area contributed by atoms with Crippen molar-refractivity contribution in [2.24, 2.45) is 0 Å². The lowest BCUT2D eigenvalue weighted by Gasteiger charge is -2.09. The van der Waals surface area contributed by atoms with Crippen molar-refractivity contribution in [1.82, 2.24) is 4.98 Å². The summed E-state index contributed by atoms with van der Waals surface area (Å²) in [5, 5.41) is 0. The minimum Gasteiger partial charge on any atom is -0.497 e. The zero-order valence-corrected chi connectivity index (χ0v) is 14.6. The molecule has 1 heterocycles. The maximum absolute atomic E-state index is 12.4. The van der Waals surface area contributed by atoms with Gasteiger partial charge in [0.05, 0.1) is 13.7 Å². The van der Waals surface area contributed by atoms with Crippen LogP contribution in [-0.2, 0) is 4.74 Å². The van der Waals surface area contributed by atoms with E-state index in [2.05, 4.69) is 36.2 Å². The van der Waals surface area contributed by atoms with Crippen LogP contribution in [0, 0.1) is 6.92 Å². The van der Waals surface area contributed by atoms with E-state index in [4.69, 9.17) is 9.47 Å². The molecule has 0 saturated carbocycles. The van der Waals surface area contributed by atoms with Crippen LogP contribution in [0.5, 0.6) is 5.75 Å². The maximum atomic E-state index is 12.4. The predicted molar refractivity (Wildman–Crippen MR) is 98.9 cm³/mol. The fourth-order valence-electron chi connectivity index (χ4n) is 2.81. The molecule has 4 nitrogen and oxygen atoms in total. The Morgan fingerprint density at radius 2 is 1.64 bits per heavy atom. The van der Waals surface area contributed by atoms with E-state index in [1.807, 2.05) is 30.5 Å². The van der Waals surface area contributed by atoms with Gasteiger partial charge in [-0.25, -0.2) is 4.79 Å². The number of H-pyrrole nitrogens is 1. The van der Waals surface area contributed by atoms with Gasteiger partial charge in [-0.15, -0.1) is 0 Å². The summed E-state index contributed by atoms with van der Waals surface area (Å²) in [5.41, 5.74) is 5.43. The lowest BCUT2D eigenvalue weighted by Crippen LogP contribution is -2.06. The third-order valence-electron chi connectivity index (χ3n) is 4.10. The molecule has 0 fully saturated rings. The summed E-state index contributed by atoms with van der Waals surface area (Å²) in [6.45, 7) is 4.18. The van der Waals surface area contributed by atoms with Gasteiger partial charge in [0, 0.05) is 17.3 Å². The molecule has 0 bridgehead atoms.